The van der Waals surface area contributed by atoms with E-state index in [-0.39, 0.29) is 23.9 Å². The van der Waals surface area contributed by atoms with Crippen LogP contribution in [0.3, 0.4) is 0 Å². The quantitative estimate of drug-likeness (QED) is 0.930. The summed E-state index contributed by atoms with van der Waals surface area (Å²) in [7, 11) is 0. The normalized spacial score (nSPS) is 22.5. The number of halogens is 1. The van der Waals surface area contributed by atoms with Crippen molar-refractivity contribution in [1.29, 1.82) is 0 Å². The van der Waals surface area contributed by atoms with Crippen molar-refractivity contribution < 1.29 is 14.3 Å². The molecule has 3 nitrogen and oxygen atoms in total. The molecule has 0 radical (unpaired) electrons. The summed E-state index contributed by atoms with van der Waals surface area (Å²) in [5.41, 5.74) is 2.08. The van der Waals surface area contributed by atoms with E-state index < -0.39 is 0 Å². The summed E-state index contributed by atoms with van der Waals surface area (Å²) in [6.45, 7) is 3.66. The maximum atomic E-state index is 13.5. The molecule has 1 fully saturated rings. The first kappa shape index (κ1) is 14.7. The second kappa shape index (κ2) is 5.50. The Labute approximate surface area is 124 Å². The number of aliphatic hydroxyl groups is 1. The first-order valence-corrected chi connectivity index (χ1v) is 7.72. The Hall–Kier alpha value is -1.26. The monoisotopic (exact) mass is 291 g/mol. The molecule has 1 heterocycles. The molecule has 0 unspecified atom stereocenters. The predicted octanol–water partition coefficient (Wildman–Crippen LogP) is 2.61. The van der Waals surface area contributed by atoms with Crippen LogP contribution in [0, 0.1) is 11.7 Å². The minimum atomic E-state index is -0.201. The van der Waals surface area contributed by atoms with Crippen LogP contribution in [0.2, 0.25) is 0 Å². The Balaban J connectivity index is 1.96. The van der Waals surface area contributed by atoms with Gasteiger partial charge < -0.3 is 5.11 Å². The van der Waals surface area contributed by atoms with Crippen molar-refractivity contribution in [1.82, 2.24) is 4.90 Å². The number of hydrogen-bond donors (Lipinski definition) is 1. The lowest BCUT2D eigenvalue weighted by molar-refractivity contribution is -0.123. The van der Waals surface area contributed by atoms with Crippen LogP contribution >= 0.6 is 0 Å². The summed E-state index contributed by atoms with van der Waals surface area (Å²) in [5.74, 6) is 0.304. The molecule has 2 aliphatic rings. The fraction of sp³-hybridized carbons (Fsp3) is 0.588. The number of rotatable bonds is 3. The van der Waals surface area contributed by atoms with E-state index in [1.165, 1.54) is 11.6 Å². The number of carbonyl (C=O) groups is 1. The van der Waals surface area contributed by atoms with Gasteiger partial charge in [-0.3, -0.25) is 9.69 Å². The highest BCUT2D eigenvalue weighted by molar-refractivity contribution is 5.79. The summed E-state index contributed by atoms with van der Waals surface area (Å²) in [6.07, 6.45) is 2.81. The molecule has 0 bridgehead atoms. The van der Waals surface area contributed by atoms with Crippen molar-refractivity contribution in [3.8, 4) is 0 Å². The fourth-order valence-corrected chi connectivity index (χ4v) is 3.88. The van der Waals surface area contributed by atoms with Crippen LogP contribution in [0.15, 0.2) is 18.2 Å². The van der Waals surface area contributed by atoms with Gasteiger partial charge in [-0.15, -0.1) is 0 Å². The third-order valence-electron chi connectivity index (χ3n) is 5.01. The molecule has 21 heavy (non-hydrogen) atoms. The van der Waals surface area contributed by atoms with Gasteiger partial charge in [-0.25, -0.2) is 4.39 Å². The largest absolute Gasteiger partial charge is 0.396 e. The minimum Gasteiger partial charge on any atom is -0.396 e. The first-order chi connectivity index (χ1) is 10.0. The second-order valence-electron chi connectivity index (χ2n) is 6.54. The minimum absolute atomic E-state index is 0.139. The number of fused-ring (bicyclic) bond motifs is 2. The van der Waals surface area contributed by atoms with Gasteiger partial charge in [0.15, 0.2) is 0 Å². The molecule has 0 aromatic heterocycles. The van der Waals surface area contributed by atoms with E-state index in [9.17, 15) is 14.3 Å². The molecule has 1 aliphatic carbocycles. The molecule has 3 rings (SSSR count). The molecular formula is C17H22FNO2. The zero-order chi connectivity index (χ0) is 15.0. The van der Waals surface area contributed by atoms with Crippen LogP contribution < -0.4 is 0 Å². The Bertz CT molecular complexity index is 548. The molecule has 114 valence electrons. The summed E-state index contributed by atoms with van der Waals surface area (Å²) in [6, 6.07) is 5.04. The fourth-order valence-electron chi connectivity index (χ4n) is 3.88. The lowest BCUT2D eigenvalue weighted by Gasteiger charge is -2.43. The average Bonchev–Trinajstić information content (AvgIpc) is 2.75. The van der Waals surface area contributed by atoms with Crippen LogP contribution in [0.4, 0.5) is 4.39 Å². The third kappa shape index (κ3) is 2.51. The Morgan fingerprint density at radius 3 is 2.76 bits per heavy atom. The van der Waals surface area contributed by atoms with Crippen LogP contribution in [-0.2, 0) is 16.9 Å². The van der Waals surface area contributed by atoms with E-state index in [1.807, 2.05) is 13.0 Å². The SMILES string of the molecule is C[C@@H](CO)CN1Cc2cc(F)ccc2C12CCC(=O)CC2. The van der Waals surface area contributed by atoms with Gasteiger partial charge in [-0.05, 0) is 42.0 Å². The number of Topliss-reactive ketones (excluding diaryl/α,β-unsaturated/α-hetero) is 1. The van der Waals surface area contributed by atoms with Gasteiger partial charge in [0, 0.05) is 38.1 Å². The molecule has 1 N–H and O–H groups in total. The van der Waals surface area contributed by atoms with Crippen molar-refractivity contribution in [2.75, 3.05) is 13.2 Å². The van der Waals surface area contributed by atoms with E-state index in [2.05, 4.69) is 4.90 Å². The van der Waals surface area contributed by atoms with Crippen LogP contribution in [-0.4, -0.2) is 28.9 Å². The van der Waals surface area contributed by atoms with Crippen LogP contribution in [0.25, 0.3) is 0 Å². The van der Waals surface area contributed by atoms with Crippen molar-refractivity contribution in [2.45, 2.75) is 44.7 Å². The van der Waals surface area contributed by atoms with Gasteiger partial charge >= 0.3 is 0 Å². The Morgan fingerprint density at radius 2 is 2.10 bits per heavy atom. The van der Waals surface area contributed by atoms with Crippen molar-refractivity contribution in [3.05, 3.63) is 35.1 Å². The Kier molecular flexibility index (Phi) is 3.84. The first-order valence-electron chi connectivity index (χ1n) is 7.72. The zero-order valence-corrected chi connectivity index (χ0v) is 12.4. The number of benzene rings is 1. The standard InChI is InChI=1S/C17H22FNO2/c1-12(11-20)9-19-10-13-8-14(18)2-3-16(13)17(19)6-4-15(21)5-7-17/h2-3,8,12,20H,4-7,9-11H2,1H3/t12-/m1/s1. The van der Waals surface area contributed by atoms with Crippen LogP contribution in [0.5, 0.6) is 0 Å². The molecule has 4 heteroatoms. The number of carbonyl (C=O) groups excluding carboxylic acids is 1. The molecule has 1 saturated carbocycles. The molecular weight excluding hydrogens is 269 g/mol. The smallest absolute Gasteiger partial charge is 0.133 e. The van der Waals surface area contributed by atoms with E-state index >= 15 is 0 Å². The Morgan fingerprint density at radius 1 is 1.38 bits per heavy atom. The number of aliphatic hydroxyl groups excluding tert-OH is 1. The summed E-state index contributed by atoms with van der Waals surface area (Å²) >= 11 is 0. The van der Waals surface area contributed by atoms with Crippen molar-refractivity contribution >= 4 is 5.78 Å². The average molecular weight is 291 g/mol. The molecule has 0 amide bonds. The number of nitrogens with zero attached hydrogens (tertiary/aromatic N) is 1. The van der Waals surface area contributed by atoms with Gasteiger partial charge in [0.1, 0.15) is 11.6 Å². The summed E-state index contributed by atoms with van der Waals surface area (Å²) in [5, 5.41) is 9.34. The third-order valence-corrected chi connectivity index (χ3v) is 5.01. The molecule has 1 aliphatic heterocycles. The van der Waals surface area contributed by atoms with Gasteiger partial charge in [0.05, 0.1) is 0 Å². The highest BCUT2D eigenvalue weighted by atomic mass is 19.1. The van der Waals surface area contributed by atoms with Crippen molar-refractivity contribution in [2.24, 2.45) is 5.92 Å². The zero-order valence-electron chi connectivity index (χ0n) is 12.4. The van der Waals surface area contributed by atoms with E-state index in [0.29, 0.717) is 25.2 Å². The van der Waals surface area contributed by atoms with Gasteiger partial charge in [0.25, 0.3) is 0 Å². The summed E-state index contributed by atoms with van der Waals surface area (Å²) in [4.78, 5) is 14.0. The molecule has 1 aromatic rings. The van der Waals surface area contributed by atoms with E-state index in [1.54, 1.807) is 6.07 Å². The number of ketones is 1. The molecule has 1 aromatic carbocycles. The lowest BCUT2D eigenvalue weighted by atomic mass is 9.76. The van der Waals surface area contributed by atoms with Crippen molar-refractivity contribution in [3.63, 3.8) is 0 Å². The molecule has 0 saturated heterocycles. The van der Waals surface area contributed by atoms with E-state index in [0.717, 1.165) is 24.9 Å². The second-order valence-corrected chi connectivity index (χ2v) is 6.54. The predicted molar refractivity (Wildman–Crippen MR) is 78.2 cm³/mol. The highest BCUT2D eigenvalue weighted by Crippen LogP contribution is 2.48. The number of hydrogen-bond acceptors (Lipinski definition) is 3. The van der Waals surface area contributed by atoms with Gasteiger partial charge in [0.2, 0.25) is 0 Å². The maximum absolute atomic E-state index is 13.5. The lowest BCUT2D eigenvalue weighted by Crippen LogP contribution is -2.46. The maximum Gasteiger partial charge on any atom is 0.133 e. The molecule has 1 atom stereocenters. The van der Waals surface area contributed by atoms with Gasteiger partial charge in [-0.1, -0.05) is 13.0 Å². The van der Waals surface area contributed by atoms with Crippen LogP contribution in [0.1, 0.15) is 43.7 Å². The van der Waals surface area contributed by atoms with E-state index in [4.69, 9.17) is 0 Å². The van der Waals surface area contributed by atoms with Gasteiger partial charge in [-0.2, -0.15) is 0 Å². The topological polar surface area (TPSA) is 40.5 Å². The molecule has 1 spiro atoms. The highest BCUT2D eigenvalue weighted by Gasteiger charge is 2.47. The summed E-state index contributed by atoms with van der Waals surface area (Å²) < 4.78 is 13.5.